The Balaban J connectivity index is 2.33. The van der Waals surface area contributed by atoms with Crippen LogP contribution in [0.1, 0.15) is 17.5 Å². The normalized spacial score (nSPS) is 13.8. The first-order valence-electron chi connectivity index (χ1n) is 4.87. The van der Waals surface area contributed by atoms with Crippen LogP contribution in [-0.4, -0.2) is 6.61 Å². The second kappa shape index (κ2) is 4.05. The Kier molecular flexibility index (Phi) is 2.78. The Labute approximate surface area is 89.3 Å². The monoisotopic (exact) mass is 208 g/mol. The number of halogens is 1. The van der Waals surface area contributed by atoms with Crippen molar-refractivity contribution in [1.29, 1.82) is 0 Å². The number of hydrogen-bond acceptors (Lipinski definition) is 1. The molecule has 0 aliphatic heterocycles. The van der Waals surface area contributed by atoms with Gasteiger partial charge in [-0.05, 0) is 42.5 Å². The molecule has 2 heteroatoms. The largest absolute Gasteiger partial charge is 0.489 e. The van der Waals surface area contributed by atoms with E-state index in [2.05, 4.69) is 6.58 Å². The lowest BCUT2D eigenvalue weighted by Gasteiger charge is -2.10. The summed E-state index contributed by atoms with van der Waals surface area (Å²) < 4.78 is 5.58. The molecular weight excluding hydrogens is 196 g/mol. The molecule has 0 unspecified atom stereocenters. The summed E-state index contributed by atoms with van der Waals surface area (Å²) in [5, 5.41) is 0.878. The molecule has 1 aliphatic carbocycles. The fourth-order valence-electron chi connectivity index (χ4n) is 1.91. The maximum Gasteiger partial charge on any atom is 0.123 e. The summed E-state index contributed by atoms with van der Waals surface area (Å²) in [5.41, 5.74) is 2.56. The molecule has 74 valence electrons. The third-order valence-electron chi connectivity index (χ3n) is 2.54. The Morgan fingerprint density at radius 3 is 2.93 bits per heavy atom. The lowest BCUT2D eigenvalue weighted by Crippen LogP contribution is -1.97. The van der Waals surface area contributed by atoms with Crippen molar-refractivity contribution in [2.45, 2.75) is 19.3 Å². The van der Waals surface area contributed by atoms with Gasteiger partial charge >= 0.3 is 0 Å². The van der Waals surface area contributed by atoms with Crippen LogP contribution in [0.5, 0.6) is 5.75 Å². The minimum atomic E-state index is 0.564. The van der Waals surface area contributed by atoms with Gasteiger partial charge in [0.1, 0.15) is 12.4 Å². The molecule has 1 aromatic rings. The van der Waals surface area contributed by atoms with Crippen molar-refractivity contribution in [3.63, 3.8) is 0 Å². The van der Waals surface area contributed by atoms with Gasteiger partial charge in [0.25, 0.3) is 0 Å². The molecule has 0 heterocycles. The summed E-state index contributed by atoms with van der Waals surface area (Å²) in [6.07, 6.45) is 5.11. The first-order chi connectivity index (χ1) is 6.83. The van der Waals surface area contributed by atoms with Gasteiger partial charge < -0.3 is 4.74 Å². The van der Waals surface area contributed by atoms with Crippen molar-refractivity contribution < 1.29 is 4.74 Å². The second-order valence-corrected chi connectivity index (χ2v) is 3.86. The Morgan fingerprint density at radius 1 is 1.36 bits per heavy atom. The molecule has 0 aromatic heterocycles. The number of hydrogen-bond donors (Lipinski definition) is 0. The van der Waals surface area contributed by atoms with Crippen molar-refractivity contribution in [2.75, 3.05) is 6.61 Å². The van der Waals surface area contributed by atoms with E-state index in [-0.39, 0.29) is 0 Å². The van der Waals surface area contributed by atoms with E-state index in [1.807, 2.05) is 12.1 Å². The van der Waals surface area contributed by atoms with E-state index in [1.54, 1.807) is 6.08 Å². The highest BCUT2D eigenvalue weighted by atomic mass is 35.5. The summed E-state index contributed by atoms with van der Waals surface area (Å²) >= 11 is 6.10. The molecule has 0 N–H and O–H groups in total. The third kappa shape index (κ3) is 1.64. The van der Waals surface area contributed by atoms with Gasteiger partial charge in [0, 0.05) is 5.02 Å². The van der Waals surface area contributed by atoms with E-state index in [4.69, 9.17) is 16.3 Å². The molecule has 0 bridgehead atoms. The smallest absolute Gasteiger partial charge is 0.123 e. The molecule has 1 nitrogen and oxygen atoms in total. The number of rotatable bonds is 3. The molecular formula is C12H13ClO. The van der Waals surface area contributed by atoms with Crippen LogP contribution < -0.4 is 4.74 Å². The van der Waals surface area contributed by atoms with Crippen molar-refractivity contribution in [3.05, 3.63) is 40.9 Å². The van der Waals surface area contributed by atoms with Gasteiger partial charge in [0.05, 0.1) is 0 Å². The van der Waals surface area contributed by atoms with Crippen LogP contribution >= 0.6 is 11.6 Å². The zero-order valence-corrected chi connectivity index (χ0v) is 8.81. The van der Waals surface area contributed by atoms with E-state index in [0.717, 1.165) is 23.6 Å². The SMILES string of the molecule is C=CCOc1ccc(Cl)c2c1CCC2. The Hall–Kier alpha value is -0.950. The van der Waals surface area contributed by atoms with Gasteiger partial charge in [-0.15, -0.1) is 0 Å². The highest BCUT2D eigenvalue weighted by Crippen LogP contribution is 2.35. The summed E-state index contributed by atoms with van der Waals surface area (Å²) in [6.45, 7) is 4.20. The minimum Gasteiger partial charge on any atom is -0.489 e. The Bertz CT molecular complexity index is 358. The van der Waals surface area contributed by atoms with Gasteiger partial charge in [0.15, 0.2) is 0 Å². The quantitative estimate of drug-likeness (QED) is 0.692. The van der Waals surface area contributed by atoms with Gasteiger partial charge in [0.2, 0.25) is 0 Å². The minimum absolute atomic E-state index is 0.564. The van der Waals surface area contributed by atoms with Crippen LogP contribution in [0.25, 0.3) is 0 Å². The second-order valence-electron chi connectivity index (χ2n) is 3.46. The summed E-state index contributed by atoms with van der Waals surface area (Å²) in [5.74, 6) is 0.974. The third-order valence-corrected chi connectivity index (χ3v) is 2.90. The molecule has 0 amide bonds. The van der Waals surface area contributed by atoms with Gasteiger partial charge in [-0.1, -0.05) is 24.3 Å². The fraction of sp³-hybridized carbons (Fsp3) is 0.333. The molecule has 0 radical (unpaired) electrons. The fourth-order valence-corrected chi connectivity index (χ4v) is 2.18. The lowest BCUT2D eigenvalue weighted by atomic mass is 10.1. The van der Waals surface area contributed by atoms with E-state index in [1.165, 1.54) is 17.5 Å². The molecule has 0 saturated carbocycles. The maximum absolute atomic E-state index is 6.10. The van der Waals surface area contributed by atoms with Crippen molar-refractivity contribution in [1.82, 2.24) is 0 Å². The highest BCUT2D eigenvalue weighted by molar-refractivity contribution is 6.31. The predicted molar refractivity (Wildman–Crippen MR) is 59.2 cm³/mol. The zero-order valence-electron chi connectivity index (χ0n) is 8.05. The van der Waals surface area contributed by atoms with Crippen LogP contribution in [0.4, 0.5) is 0 Å². The first-order valence-corrected chi connectivity index (χ1v) is 5.24. The van der Waals surface area contributed by atoms with E-state index >= 15 is 0 Å². The van der Waals surface area contributed by atoms with Crippen molar-refractivity contribution >= 4 is 11.6 Å². The molecule has 0 fully saturated rings. The van der Waals surface area contributed by atoms with Crippen LogP contribution in [0, 0.1) is 0 Å². The van der Waals surface area contributed by atoms with Crippen molar-refractivity contribution in [3.8, 4) is 5.75 Å². The number of fused-ring (bicyclic) bond motifs is 1. The zero-order chi connectivity index (χ0) is 9.97. The first kappa shape index (κ1) is 9.60. The van der Waals surface area contributed by atoms with E-state index in [0.29, 0.717) is 6.61 Å². The summed E-state index contributed by atoms with van der Waals surface area (Å²) in [7, 11) is 0. The van der Waals surface area contributed by atoms with E-state index in [9.17, 15) is 0 Å². The van der Waals surface area contributed by atoms with Crippen LogP contribution in [0.15, 0.2) is 24.8 Å². The molecule has 2 rings (SSSR count). The van der Waals surface area contributed by atoms with E-state index < -0.39 is 0 Å². The average Bonchev–Trinajstić information content (AvgIpc) is 2.66. The van der Waals surface area contributed by atoms with Crippen molar-refractivity contribution in [2.24, 2.45) is 0 Å². The average molecular weight is 209 g/mol. The molecule has 1 aromatic carbocycles. The standard InChI is InChI=1S/C12H13ClO/c1-2-8-14-12-7-6-11(13)9-4-3-5-10(9)12/h2,6-7H,1,3-5,8H2. The highest BCUT2D eigenvalue weighted by Gasteiger charge is 2.18. The predicted octanol–water partition coefficient (Wildman–Crippen LogP) is 3.39. The lowest BCUT2D eigenvalue weighted by molar-refractivity contribution is 0.359. The maximum atomic E-state index is 6.10. The van der Waals surface area contributed by atoms with Gasteiger partial charge in [-0.2, -0.15) is 0 Å². The van der Waals surface area contributed by atoms with Crippen LogP contribution in [0.2, 0.25) is 5.02 Å². The van der Waals surface area contributed by atoms with Crippen LogP contribution in [0.3, 0.4) is 0 Å². The van der Waals surface area contributed by atoms with Crippen LogP contribution in [-0.2, 0) is 12.8 Å². The molecule has 0 atom stereocenters. The molecule has 0 spiro atoms. The number of benzene rings is 1. The molecule has 1 aliphatic rings. The summed E-state index contributed by atoms with van der Waals surface area (Å²) in [4.78, 5) is 0. The van der Waals surface area contributed by atoms with Gasteiger partial charge in [-0.25, -0.2) is 0 Å². The molecule has 0 saturated heterocycles. The molecule has 14 heavy (non-hydrogen) atoms. The summed E-state index contributed by atoms with van der Waals surface area (Å²) in [6, 6.07) is 3.88. The number of ether oxygens (including phenoxy) is 1. The topological polar surface area (TPSA) is 9.23 Å². The van der Waals surface area contributed by atoms with Gasteiger partial charge in [-0.3, -0.25) is 0 Å². The Morgan fingerprint density at radius 2 is 2.14 bits per heavy atom.